The molecule has 17 heavy (non-hydrogen) atoms. The molecule has 2 heterocycles. The second kappa shape index (κ2) is 4.68. The van der Waals surface area contributed by atoms with E-state index < -0.39 is 0 Å². The molecule has 1 aromatic carbocycles. The lowest BCUT2D eigenvalue weighted by Gasteiger charge is -1.98. The Balaban J connectivity index is 1.53. The fourth-order valence-corrected chi connectivity index (χ4v) is 2.16. The van der Waals surface area contributed by atoms with Gasteiger partial charge in [-0.1, -0.05) is 30.3 Å². The molecule has 0 bridgehead atoms. The van der Waals surface area contributed by atoms with Crippen LogP contribution in [-0.4, -0.2) is 11.1 Å². The highest BCUT2D eigenvalue weighted by molar-refractivity contribution is 5.22. The molecule has 2 nitrogen and oxygen atoms in total. The average molecular weight is 225 g/mol. The van der Waals surface area contributed by atoms with Crippen LogP contribution in [0.2, 0.25) is 0 Å². The summed E-state index contributed by atoms with van der Waals surface area (Å²) in [6, 6.07) is 14.6. The van der Waals surface area contributed by atoms with E-state index in [1.807, 2.05) is 18.5 Å². The molecule has 0 spiro atoms. The lowest BCUT2D eigenvalue weighted by atomic mass is 10.0. The highest BCUT2D eigenvalue weighted by Gasteiger charge is 2.39. The first-order valence-corrected chi connectivity index (χ1v) is 6.03. The van der Waals surface area contributed by atoms with Crippen molar-refractivity contribution in [3.63, 3.8) is 0 Å². The molecule has 0 saturated carbocycles. The summed E-state index contributed by atoms with van der Waals surface area (Å²) in [5.41, 5.74) is 2.63. The predicted molar refractivity (Wildman–Crippen MR) is 66.6 cm³/mol. The van der Waals surface area contributed by atoms with Crippen LogP contribution in [-0.2, 0) is 11.2 Å². The van der Waals surface area contributed by atoms with Crippen LogP contribution in [0.3, 0.4) is 0 Å². The lowest BCUT2D eigenvalue weighted by molar-refractivity contribution is 0.366. The molecule has 2 atom stereocenters. The molecule has 1 fully saturated rings. The van der Waals surface area contributed by atoms with Crippen LogP contribution >= 0.6 is 0 Å². The van der Waals surface area contributed by atoms with Crippen LogP contribution < -0.4 is 0 Å². The summed E-state index contributed by atoms with van der Waals surface area (Å²) in [5, 5.41) is 0. The minimum absolute atomic E-state index is 0.318. The van der Waals surface area contributed by atoms with Gasteiger partial charge >= 0.3 is 0 Å². The molecule has 86 valence electrons. The van der Waals surface area contributed by atoms with Gasteiger partial charge in [0.2, 0.25) is 0 Å². The van der Waals surface area contributed by atoms with Crippen molar-refractivity contribution in [2.75, 3.05) is 0 Å². The number of hydrogen-bond acceptors (Lipinski definition) is 2. The zero-order chi connectivity index (χ0) is 11.5. The van der Waals surface area contributed by atoms with Crippen molar-refractivity contribution in [1.82, 2.24) is 4.98 Å². The van der Waals surface area contributed by atoms with Crippen molar-refractivity contribution in [2.45, 2.75) is 25.0 Å². The first kappa shape index (κ1) is 10.5. The van der Waals surface area contributed by atoms with E-state index in [1.54, 1.807) is 0 Å². The summed E-state index contributed by atoms with van der Waals surface area (Å²) in [6.07, 6.45) is 6.55. The van der Waals surface area contributed by atoms with Gasteiger partial charge in [0.25, 0.3) is 0 Å². The molecule has 2 heteroatoms. The van der Waals surface area contributed by atoms with Crippen molar-refractivity contribution in [2.24, 2.45) is 0 Å². The van der Waals surface area contributed by atoms with E-state index in [2.05, 4.69) is 41.4 Å². The van der Waals surface area contributed by atoms with Gasteiger partial charge in [0.15, 0.2) is 0 Å². The van der Waals surface area contributed by atoms with E-state index >= 15 is 0 Å². The maximum absolute atomic E-state index is 5.71. The maximum Gasteiger partial charge on any atom is 0.109 e. The van der Waals surface area contributed by atoms with Gasteiger partial charge in [0.1, 0.15) is 6.10 Å². The summed E-state index contributed by atoms with van der Waals surface area (Å²) in [4.78, 5) is 4.02. The summed E-state index contributed by atoms with van der Waals surface area (Å²) < 4.78 is 5.71. The summed E-state index contributed by atoms with van der Waals surface area (Å²) in [7, 11) is 0. The lowest BCUT2D eigenvalue weighted by Crippen LogP contribution is -1.93. The quantitative estimate of drug-likeness (QED) is 0.747. The van der Waals surface area contributed by atoms with Crippen LogP contribution in [0.1, 0.15) is 23.7 Å². The normalized spacial score (nSPS) is 22.4. The molecule has 0 radical (unpaired) electrons. The van der Waals surface area contributed by atoms with Gasteiger partial charge in [-0.25, -0.2) is 0 Å². The van der Waals surface area contributed by atoms with Crippen LogP contribution in [0.15, 0.2) is 54.9 Å². The Morgan fingerprint density at radius 2 is 1.76 bits per heavy atom. The standard InChI is InChI=1S/C15H15NO/c1-2-4-13(5-3-1)15-14(17-15)7-6-12-8-10-16-11-9-12/h1-5,8-11,14-15H,6-7H2/t14-,15+/m1/s1. The molecular formula is C15H15NO. The number of benzene rings is 1. The molecule has 0 unspecified atom stereocenters. The predicted octanol–water partition coefficient (Wildman–Crippen LogP) is 3.15. The van der Waals surface area contributed by atoms with E-state index in [0.29, 0.717) is 12.2 Å². The first-order valence-electron chi connectivity index (χ1n) is 6.03. The Kier molecular flexibility index (Phi) is 2.88. The van der Waals surface area contributed by atoms with Crippen molar-refractivity contribution in [3.05, 3.63) is 66.0 Å². The number of epoxide rings is 1. The zero-order valence-electron chi connectivity index (χ0n) is 9.62. The molecule has 0 amide bonds. The molecule has 0 N–H and O–H groups in total. The second-order valence-corrected chi connectivity index (χ2v) is 4.40. The third-order valence-electron chi connectivity index (χ3n) is 3.18. The van der Waals surface area contributed by atoms with E-state index in [9.17, 15) is 0 Å². The number of hydrogen-bond donors (Lipinski definition) is 0. The molecule has 2 aromatic rings. The Morgan fingerprint density at radius 3 is 2.53 bits per heavy atom. The van der Waals surface area contributed by atoms with Crippen molar-refractivity contribution in [3.8, 4) is 0 Å². The van der Waals surface area contributed by atoms with Gasteiger partial charge in [0.05, 0.1) is 6.10 Å². The van der Waals surface area contributed by atoms with Gasteiger partial charge in [0, 0.05) is 12.4 Å². The molecule has 3 rings (SSSR count). The number of ether oxygens (including phenoxy) is 1. The fraction of sp³-hybridized carbons (Fsp3) is 0.267. The minimum atomic E-state index is 0.318. The molecule has 1 aliphatic heterocycles. The molecule has 1 aromatic heterocycles. The number of nitrogens with zero attached hydrogens (tertiary/aromatic N) is 1. The summed E-state index contributed by atoms with van der Waals surface area (Å²) >= 11 is 0. The topological polar surface area (TPSA) is 25.4 Å². The largest absolute Gasteiger partial charge is 0.364 e. The van der Waals surface area contributed by atoms with Gasteiger partial charge < -0.3 is 4.74 Å². The smallest absolute Gasteiger partial charge is 0.109 e. The van der Waals surface area contributed by atoms with E-state index in [0.717, 1.165) is 12.8 Å². The minimum Gasteiger partial charge on any atom is -0.364 e. The van der Waals surface area contributed by atoms with E-state index in [-0.39, 0.29) is 0 Å². The third-order valence-corrected chi connectivity index (χ3v) is 3.18. The van der Waals surface area contributed by atoms with Crippen LogP contribution in [0, 0.1) is 0 Å². The van der Waals surface area contributed by atoms with Crippen LogP contribution in [0.4, 0.5) is 0 Å². The maximum atomic E-state index is 5.71. The SMILES string of the molecule is c1ccc([C@@H]2O[C@@H]2CCc2ccncc2)cc1. The van der Waals surface area contributed by atoms with Crippen molar-refractivity contribution < 1.29 is 4.74 Å². The number of rotatable bonds is 4. The zero-order valence-corrected chi connectivity index (χ0v) is 9.62. The van der Waals surface area contributed by atoms with Crippen LogP contribution in [0.5, 0.6) is 0 Å². The van der Waals surface area contributed by atoms with Gasteiger partial charge in [-0.05, 0) is 36.1 Å². The summed E-state index contributed by atoms with van der Waals surface area (Å²) in [5.74, 6) is 0. The Hall–Kier alpha value is -1.67. The number of pyridine rings is 1. The number of aryl methyl sites for hydroxylation is 1. The Morgan fingerprint density at radius 1 is 1.00 bits per heavy atom. The molecular weight excluding hydrogens is 210 g/mol. The number of aromatic nitrogens is 1. The van der Waals surface area contributed by atoms with Gasteiger partial charge in [-0.2, -0.15) is 0 Å². The fourth-order valence-electron chi connectivity index (χ4n) is 2.16. The van der Waals surface area contributed by atoms with Crippen LogP contribution in [0.25, 0.3) is 0 Å². The van der Waals surface area contributed by atoms with Crippen molar-refractivity contribution in [1.29, 1.82) is 0 Å². The Bertz CT molecular complexity index is 469. The highest BCUT2D eigenvalue weighted by Crippen LogP contribution is 2.41. The highest BCUT2D eigenvalue weighted by atomic mass is 16.6. The first-order chi connectivity index (χ1) is 8.43. The average Bonchev–Trinajstić information content (AvgIpc) is 3.18. The summed E-state index contributed by atoms with van der Waals surface area (Å²) in [6.45, 7) is 0. The molecule has 1 aliphatic rings. The second-order valence-electron chi connectivity index (χ2n) is 4.40. The van der Waals surface area contributed by atoms with Crippen molar-refractivity contribution >= 4 is 0 Å². The monoisotopic (exact) mass is 225 g/mol. The molecule has 1 saturated heterocycles. The Labute approximate surface area is 101 Å². The van der Waals surface area contributed by atoms with Gasteiger partial charge in [-0.3, -0.25) is 4.98 Å². The molecule has 0 aliphatic carbocycles. The van der Waals surface area contributed by atoms with E-state index in [1.165, 1.54) is 11.1 Å². The third kappa shape index (κ3) is 2.53. The van der Waals surface area contributed by atoms with E-state index in [4.69, 9.17) is 4.74 Å². The van der Waals surface area contributed by atoms with Gasteiger partial charge in [-0.15, -0.1) is 0 Å².